The molecule has 32 heavy (non-hydrogen) atoms. The lowest BCUT2D eigenvalue weighted by Gasteiger charge is -2.22. The molecule has 3 aromatic rings. The smallest absolute Gasteiger partial charge is 0.295 e. The summed E-state index contributed by atoms with van der Waals surface area (Å²) < 4.78 is 2.78. The van der Waals surface area contributed by atoms with Crippen LogP contribution in [-0.2, 0) is 16.1 Å². The molecule has 0 saturated carbocycles. The molecule has 1 N–H and O–H groups in total. The second-order valence-electron chi connectivity index (χ2n) is 7.47. The molecule has 0 radical (unpaired) electrons. The first-order valence-corrected chi connectivity index (χ1v) is 11.1. The predicted molar refractivity (Wildman–Crippen MR) is 127 cm³/mol. The number of aryl methyl sites for hydroxylation is 1. The van der Waals surface area contributed by atoms with Gasteiger partial charge in [0, 0.05) is 35.5 Å². The Labute approximate surface area is 194 Å². The lowest BCUT2D eigenvalue weighted by atomic mass is 10.00. The summed E-state index contributed by atoms with van der Waals surface area (Å²) in [5.41, 5.74) is 1.54. The summed E-state index contributed by atoms with van der Waals surface area (Å²) in [6, 6.07) is 16.0. The molecule has 0 bridgehead atoms. The molecule has 6 nitrogen and oxygen atoms in total. The number of amides is 1. The Morgan fingerprint density at radius 2 is 1.81 bits per heavy atom. The fraction of sp³-hybridized carbons (Fsp3) is 0.160. The van der Waals surface area contributed by atoms with Crippen LogP contribution in [0.25, 0.3) is 11.8 Å². The van der Waals surface area contributed by atoms with Crippen molar-refractivity contribution in [2.24, 2.45) is 0 Å². The number of aliphatic hydroxyl groups excluding tert-OH is 1. The zero-order valence-electron chi connectivity index (χ0n) is 17.3. The highest BCUT2D eigenvalue weighted by atomic mass is 79.9. The largest absolute Gasteiger partial charge is 0.507 e. The molecule has 7 heteroatoms. The number of ketones is 1. The van der Waals surface area contributed by atoms with Gasteiger partial charge in [0.15, 0.2) is 0 Å². The number of benzene rings is 2. The average Bonchev–Trinajstić information content (AvgIpc) is 3.41. The van der Waals surface area contributed by atoms with Crippen molar-refractivity contribution in [2.45, 2.75) is 19.0 Å². The minimum absolute atomic E-state index is 0.104. The molecule has 1 atom stereocenters. The lowest BCUT2D eigenvalue weighted by molar-refractivity contribution is -0.139. The van der Waals surface area contributed by atoms with E-state index in [-0.39, 0.29) is 11.3 Å². The lowest BCUT2D eigenvalue weighted by Crippen LogP contribution is -2.34. The highest BCUT2D eigenvalue weighted by Gasteiger charge is 2.43. The highest BCUT2D eigenvalue weighted by molar-refractivity contribution is 9.10. The number of likely N-dealkylation sites (tertiary alicyclic amines) is 1. The van der Waals surface area contributed by atoms with E-state index in [2.05, 4.69) is 20.9 Å². The van der Waals surface area contributed by atoms with Crippen LogP contribution in [0, 0.1) is 0 Å². The number of Topliss-reactive ketones (excluding diaryl/α,β-unsaturated/α-hetero) is 1. The second-order valence-corrected chi connectivity index (χ2v) is 8.38. The summed E-state index contributed by atoms with van der Waals surface area (Å²) in [7, 11) is 0. The third kappa shape index (κ3) is 4.73. The van der Waals surface area contributed by atoms with Crippen LogP contribution in [-0.4, -0.2) is 43.8 Å². The minimum Gasteiger partial charge on any atom is -0.507 e. The van der Waals surface area contributed by atoms with Crippen LogP contribution in [0.1, 0.15) is 17.5 Å². The molecule has 1 aliphatic rings. The van der Waals surface area contributed by atoms with Crippen LogP contribution in [0.3, 0.4) is 0 Å². The molecule has 162 valence electrons. The maximum atomic E-state index is 12.9. The average molecular weight is 492 g/mol. The molecule has 1 amide bonds. The van der Waals surface area contributed by atoms with E-state index in [1.807, 2.05) is 47.2 Å². The summed E-state index contributed by atoms with van der Waals surface area (Å²) in [6.07, 6.45) is 9.60. The molecule has 2 heterocycles. The topological polar surface area (TPSA) is 75.4 Å². The number of carbonyl (C=O) groups is 2. The third-order valence-electron chi connectivity index (χ3n) is 5.35. The molecular formula is C25H22BrN3O3. The fourth-order valence-electron chi connectivity index (χ4n) is 3.72. The van der Waals surface area contributed by atoms with Crippen molar-refractivity contribution in [1.29, 1.82) is 0 Å². The van der Waals surface area contributed by atoms with Crippen LogP contribution in [0.4, 0.5) is 0 Å². The molecular weight excluding hydrogens is 470 g/mol. The third-order valence-corrected chi connectivity index (χ3v) is 5.88. The Bertz CT molecular complexity index is 1150. The molecule has 1 unspecified atom stereocenters. The minimum atomic E-state index is -0.671. The van der Waals surface area contributed by atoms with Gasteiger partial charge in [0.25, 0.3) is 11.7 Å². The van der Waals surface area contributed by atoms with Crippen LogP contribution in [0.5, 0.6) is 0 Å². The van der Waals surface area contributed by atoms with Gasteiger partial charge in [-0.25, -0.2) is 4.98 Å². The first-order valence-electron chi connectivity index (χ1n) is 10.3. The normalized spacial score (nSPS) is 18.0. The fourth-order valence-corrected chi connectivity index (χ4v) is 3.99. The number of imidazole rings is 1. The monoisotopic (exact) mass is 491 g/mol. The van der Waals surface area contributed by atoms with E-state index in [1.165, 1.54) is 4.90 Å². The van der Waals surface area contributed by atoms with Crippen LogP contribution in [0.2, 0.25) is 0 Å². The molecule has 1 aliphatic heterocycles. The van der Waals surface area contributed by atoms with Gasteiger partial charge in [-0.05, 0) is 24.1 Å². The second kappa shape index (κ2) is 9.78. The zero-order chi connectivity index (χ0) is 22.5. The van der Waals surface area contributed by atoms with Crippen LogP contribution in [0.15, 0.2) is 89.4 Å². The number of halogens is 1. The predicted octanol–water partition coefficient (Wildman–Crippen LogP) is 4.50. The van der Waals surface area contributed by atoms with Crippen molar-refractivity contribution in [3.05, 3.63) is 101 Å². The van der Waals surface area contributed by atoms with Gasteiger partial charge in [-0.15, -0.1) is 0 Å². The highest BCUT2D eigenvalue weighted by Crippen LogP contribution is 2.30. The maximum Gasteiger partial charge on any atom is 0.295 e. The Kier molecular flexibility index (Phi) is 6.66. The van der Waals surface area contributed by atoms with Gasteiger partial charge in [-0.3, -0.25) is 9.59 Å². The quantitative estimate of drug-likeness (QED) is 0.300. The van der Waals surface area contributed by atoms with Crippen molar-refractivity contribution in [3.63, 3.8) is 0 Å². The van der Waals surface area contributed by atoms with E-state index >= 15 is 0 Å². The number of aromatic nitrogens is 2. The maximum absolute atomic E-state index is 12.9. The summed E-state index contributed by atoms with van der Waals surface area (Å²) in [5.74, 6) is -1.44. The van der Waals surface area contributed by atoms with Crippen molar-refractivity contribution in [3.8, 4) is 0 Å². The molecule has 2 aromatic carbocycles. The van der Waals surface area contributed by atoms with Gasteiger partial charge >= 0.3 is 0 Å². The van der Waals surface area contributed by atoms with E-state index in [0.717, 1.165) is 10.0 Å². The van der Waals surface area contributed by atoms with E-state index in [1.54, 1.807) is 42.9 Å². The van der Waals surface area contributed by atoms with E-state index < -0.39 is 17.7 Å². The van der Waals surface area contributed by atoms with Gasteiger partial charge in [-0.2, -0.15) is 0 Å². The van der Waals surface area contributed by atoms with Gasteiger partial charge in [0.1, 0.15) is 5.76 Å². The number of hydrogen-bond acceptors (Lipinski definition) is 4. The molecule has 1 aromatic heterocycles. The van der Waals surface area contributed by atoms with Crippen molar-refractivity contribution >= 4 is 39.5 Å². The Morgan fingerprint density at radius 3 is 2.50 bits per heavy atom. The number of nitrogens with zero attached hydrogens (tertiary/aromatic N) is 3. The van der Waals surface area contributed by atoms with E-state index in [9.17, 15) is 14.7 Å². The first-order chi connectivity index (χ1) is 15.5. The Hall–Kier alpha value is -3.45. The standard InChI is InChI=1S/C25H22BrN3O3/c26-20-10-8-19(9-11-20)23(30)22-21(12-7-18-5-2-1-3-6-18)29(25(32)24(22)31)15-4-14-28-16-13-27-17-28/h1-3,5-13,16-17,21,30H,4,14-15H2/b12-7?,23-22-. The Balaban J connectivity index is 1.67. The van der Waals surface area contributed by atoms with Gasteiger partial charge in [0.05, 0.1) is 17.9 Å². The summed E-state index contributed by atoms with van der Waals surface area (Å²) in [5, 5.41) is 11.0. The molecule has 4 rings (SSSR count). The number of aliphatic hydroxyl groups is 1. The summed E-state index contributed by atoms with van der Waals surface area (Å²) in [4.78, 5) is 31.4. The summed E-state index contributed by atoms with van der Waals surface area (Å²) in [6.45, 7) is 1.05. The van der Waals surface area contributed by atoms with Crippen LogP contribution < -0.4 is 0 Å². The summed E-state index contributed by atoms with van der Waals surface area (Å²) >= 11 is 3.37. The molecule has 0 spiro atoms. The van der Waals surface area contributed by atoms with Crippen molar-refractivity contribution in [2.75, 3.05) is 6.54 Å². The van der Waals surface area contributed by atoms with Crippen molar-refractivity contribution < 1.29 is 14.7 Å². The number of rotatable bonds is 7. The molecule has 1 saturated heterocycles. The molecule has 1 fully saturated rings. The zero-order valence-corrected chi connectivity index (χ0v) is 18.9. The van der Waals surface area contributed by atoms with E-state index in [4.69, 9.17) is 0 Å². The van der Waals surface area contributed by atoms with Gasteiger partial charge in [0.2, 0.25) is 0 Å². The van der Waals surface area contributed by atoms with Gasteiger partial charge < -0.3 is 14.6 Å². The van der Waals surface area contributed by atoms with Crippen molar-refractivity contribution in [1.82, 2.24) is 14.5 Å². The van der Waals surface area contributed by atoms with Gasteiger partial charge in [-0.1, -0.05) is 70.5 Å². The van der Waals surface area contributed by atoms with Crippen LogP contribution >= 0.6 is 15.9 Å². The number of carbonyl (C=O) groups excluding carboxylic acids is 2. The van der Waals surface area contributed by atoms with E-state index in [0.29, 0.717) is 25.1 Å². The first kappa shape index (κ1) is 21.8. The molecule has 0 aliphatic carbocycles. The SMILES string of the molecule is O=C1C(=O)N(CCCn2ccnc2)C(C=Cc2ccccc2)/C1=C(/O)c1ccc(Br)cc1. The number of hydrogen-bond donors (Lipinski definition) is 1. The Morgan fingerprint density at radius 1 is 1.06 bits per heavy atom.